The highest BCUT2D eigenvalue weighted by atomic mass is 15.2. The molecule has 56 heavy (non-hydrogen) atoms. The van der Waals surface area contributed by atoms with E-state index in [0.29, 0.717) is 18.1 Å². The zero-order valence-corrected chi connectivity index (χ0v) is 33.8. The fourth-order valence-electron chi connectivity index (χ4n) is 9.26. The van der Waals surface area contributed by atoms with Crippen LogP contribution in [0.3, 0.4) is 0 Å². The first-order valence-electron chi connectivity index (χ1n) is 21.0. The molecule has 10 nitrogen and oxygen atoms in total. The van der Waals surface area contributed by atoms with Crippen LogP contribution in [0.4, 0.5) is 0 Å². The second-order valence-corrected chi connectivity index (χ2v) is 16.5. The molecule has 294 valence electrons. The van der Waals surface area contributed by atoms with Gasteiger partial charge in [0.25, 0.3) is 0 Å². The molecule has 10 heteroatoms. The van der Waals surface area contributed by atoms with Crippen LogP contribution in [0.15, 0.2) is 91.3 Å². The Kier molecular flexibility index (Phi) is 12.2. The maximum Gasteiger partial charge on any atom is 0.127 e. The molecule has 0 saturated carbocycles. The normalized spacial score (nSPS) is 22.4. The van der Waals surface area contributed by atoms with Gasteiger partial charge in [0.05, 0.1) is 57.6 Å². The molecule has 9 rings (SSSR count). The van der Waals surface area contributed by atoms with Crippen molar-refractivity contribution in [3.05, 3.63) is 120 Å². The van der Waals surface area contributed by atoms with Gasteiger partial charge in [-0.05, 0) is 154 Å². The van der Waals surface area contributed by atoms with Crippen molar-refractivity contribution in [3.63, 3.8) is 0 Å². The Morgan fingerprint density at radius 3 is 2.02 bits per heavy atom. The van der Waals surface area contributed by atoms with E-state index < -0.39 is 0 Å². The zero-order chi connectivity index (χ0) is 38.4. The molecule has 0 radical (unpaired) electrons. The Bertz CT molecular complexity index is 2170. The molecule has 4 atom stereocenters. The Labute approximate surface area is 332 Å². The number of likely N-dealkylation sites (tertiary alicyclic amines) is 1. The average molecular weight is 753 g/mol. The molecule has 3 saturated heterocycles. The molecule has 4 aromatic heterocycles. The summed E-state index contributed by atoms with van der Waals surface area (Å²) in [4.78, 5) is 24.1. The van der Waals surface area contributed by atoms with Gasteiger partial charge in [0.15, 0.2) is 0 Å². The van der Waals surface area contributed by atoms with E-state index in [9.17, 15) is 0 Å². The lowest BCUT2D eigenvalue weighted by Gasteiger charge is -2.35. The largest absolute Gasteiger partial charge is 0.327 e. The Balaban J connectivity index is 0.000000157. The van der Waals surface area contributed by atoms with Crippen molar-refractivity contribution in [2.24, 2.45) is 0 Å². The minimum Gasteiger partial charge on any atom is -0.327 e. The first-order valence-corrected chi connectivity index (χ1v) is 21.0. The predicted octanol–water partition coefficient (Wildman–Crippen LogP) is 8.50. The SMILES string of the molecule is CN1CCC(n2c(C3CCCC(c4ccccn4)N3)nc3ccccc32)CC1.Cc1cccnc1C1CCCC(c2nc3ccccc3n2CCCN(C)C)N1. The molecular weight excluding hydrogens is 693 g/mol. The van der Waals surface area contributed by atoms with Crippen LogP contribution in [-0.2, 0) is 6.54 Å². The third-order valence-corrected chi connectivity index (χ3v) is 12.2. The van der Waals surface area contributed by atoms with Gasteiger partial charge in [-0.2, -0.15) is 0 Å². The summed E-state index contributed by atoms with van der Waals surface area (Å²) in [5.74, 6) is 2.40. The molecule has 0 amide bonds. The van der Waals surface area contributed by atoms with Gasteiger partial charge in [0.1, 0.15) is 11.6 Å². The van der Waals surface area contributed by atoms with E-state index >= 15 is 0 Å². The van der Waals surface area contributed by atoms with Crippen LogP contribution >= 0.6 is 0 Å². The van der Waals surface area contributed by atoms with E-state index in [1.165, 1.54) is 59.6 Å². The highest BCUT2D eigenvalue weighted by Gasteiger charge is 2.32. The summed E-state index contributed by atoms with van der Waals surface area (Å²) < 4.78 is 4.99. The van der Waals surface area contributed by atoms with Crippen molar-refractivity contribution in [2.45, 2.75) is 101 Å². The number of hydrogen-bond acceptors (Lipinski definition) is 8. The molecule has 3 fully saturated rings. The Morgan fingerprint density at radius 1 is 0.661 bits per heavy atom. The van der Waals surface area contributed by atoms with Gasteiger partial charge in [0.2, 0.25) is 0 Å². The van der Waals surface area contributed by atoms with Crippen molar-refractivity contribution in [1.82, 2.24) is 49.5 Å². The molecule has 4 unspecified atom stereocenters. The van der Waals surface area contributed by atoms with E-state index in [4.69, 9.17) is 9.97 Å². The molecular formula is C46H60N10. The molecule has 0 bridgehead atoms. The summed E-state index contributed by atoms with van der Waals surface area (Å²) in [5, 5.41) is 7.75. The second kappa shape index (κ2) is 17.8. The van der Waals surface area contributed by atoms with Crippen LogP contribution in [0.25, 0.3) is 22.1 Å². The molecule has 2 N–H and O–H groups in total. The topological polar surface area (TPSA) is 92.0 Å². The van der Waals surface area contributed by atoms with E-state index in [1.54, 1.807) is 0 Å². The zero-order valence-electron chi connectivity index (χ0n) is 33.8. The van der Waals surface area contributed by atoms with Gasteiger partial charge in [-0.1, -0.05) is 36.4 Å². The number of nitrogens with zero attached hydrogens (tertiary/aromatic N) is 8. The highest BCUT2D eigenvalue weighted by molar-refractivity contribution is 5.77. The molecule has 6 aromatic rings. The first-order chi connectivity index (χ1) is 27.4. The number of rotatable bonds is 9. The van der Waals surface area contributed by atoms with Gasteiger partial charge >= 0.3 is 0 Å². The summed E-state index contributed by atoms with van der Waals surface area (Å²) in [6, 6.07) is 29.3. The minimum atomic E-state index is 0.270. The number of aromatic nitrogens is 6. The number of imidazole rings is 2. The summed E-state index contributed by atoms with van der Waals surface area (Å²) in [6.07, 6.45) is 14.2. The van der Waals surface area contributed by atoms with E-state index in [0.717, 1.165) is 75.0 Å². The number of fused-ring (bicyclic) bond motifs is 2. The molecule has 7 heterocycles. The van der Waals surface area contributed by atoms with Gasteiger partial charge in [-0.25, -0.2) is 9.97 Å². The molecule has 0 aliphatic carbocycles. The third-order valence-electron chi connectivity index (χ3n) is 12.2. The monoisotopic (exact) mass is 753 g/mol. The Morgan fingerprint density at radius 2 is 1.29 bits per heavy atom. The van der Waals surface area contributed by atoms with E-state index in [1.807, 2.05) is 24.5 Å². The van der Waals surface area contributed by atoms with Crippen molar-refractivity contribution in [1.29, 1.82) is 0 Å². The lowest BCUT2D eigenvalue weighted by atomic mass is 9.94. The van der Waals surface area contributed by atoms with Crippen LogP contribution in [0.2, 0.25) is 0 Å². The fraction of sp³-hybridized carbons (Fsp3) is 0.478. The number of aryl methyl sites for hydroxylation is 2. The molecule has 3 aliphatic heterocycles. The maximum absolute atomic E-state index is 5.13. The standard InChI is InChI=1S/C23H29N5.C23H31N5/c1-27-15-12-17(13-16-27)28-22-11-3-2-8-20(22)26-23(28)21-10-6-9-19(25-21)18-7-4-5-14-24-18;1-17-9-7-14-24-22(17)19-11-6-12-20(25-19)23-26-18-10-4-5-13-21(18)28(23)16-8-15-27(2)3/h2-5,7-8,11,14,17,19,21,25H,6,9-10,12-13,15-16H2,1H3;4-5,7,9-10,13-14,19-20,25H,6,8,11-12,15-16H2,1-3H3. The molecule has 2 aromatic carbocycles. The molecule has 3 aliphatic rings. The summed E-state index contributed by atoms with van der Waals surface area (Å²) >= 11 is 0. The van der Waals surface area contributed by atoms with Gasteiger partial charge < -0.3 is 18.9 Å². The van der Waals surface area contributed by atoms with Crippen molar-refractivity contribution in [3.8, 4) is 0 Å². The van der Waals surface area contributed by atoms with Crippen molar-refractivity contribution < 1.29 is 0 Å². The predicted molar refractivity (Wildman–Crippen MR) is 227 cm³/mol. The van der Waals surface area contributed by atoms with Crippen molar-refractivity contribution >= 4 is 22.1 Å². The first kappa shape index (κ1) is 38.4. The smallest absolute Gasteiger partial charge is 0.127 e. The summed E-state index contributed by atoms with van der Waals surface area (Å²) in [7, 11) is 6.49. The number of piperidine rings is 3. The van der Waals surface area contributed by atoms with Crippen LogP contribution in [-0.4, -0.2) is 79.6 Å². The lowest BCUT2D eigenvalue weighted by Crippen LogP contribution is -2.36. The number of pyridine rings is 2. The highest BCUT2D eigenvalue weighted by Crippen LogP contribution is 2.37. The van der Waals surface area contributed by atoms with Crippen LogP contribution < -0.4 is 10.6 Å². The number of para-hydroxylation sites is 4. The second-order valence-electron chi connectivity index (χ2n) is 16.5. The fourth-order valence-corrected chi connectivity index (χ4v) is 9.26. The number of benzene rings is 2. The number of nitrogens with one attached hydrogen (secondary N) is 2. The molecule has 0 spiro atoms. The van der Waals surface area contributed by atoms with Gasteiger partial charge in [-0.15, -0.1) is 0 Å². The maximum atomic E-state index is 5.13. The van der Waals surface area contributed by atoms with E-state index in [2.05, 4.69) is 134 Å². The lowest BCUT2D eigenvalue weighted by molar-refractivity contribution is 0.215. The van der Waals surface area contributed by atoms with Crippen LogP contribution in [0, 0.1) is 6.92 Å². The average Bonchev–Trinajstić information content (AvgIpc) is 3.81. The summed E-state index contributed by atoms with van der Waals surface area (Å²) in [5.41, 5.74) is 8.35. The number of hydrogen-bond donors (Lipinski definition) is 2. The minimum absolute atomic E-state index is 0.270. The van der Waals surface area contributed by atoms with Gasteiger partial charge in [-0.3, -0.25) is 20.6 Å². The third kappa shape index (κ3) is 8.59. The Hall–Kier alpha value is -4.48. The van der Waals surface area contributed by atoms with Crippen LogP contribution in [0.5, 0.6) is 0 Å². The van der Waals surface area contributed by atoms with Crippen molar-refractivity contribution in [2.75, 3.05) is 40.8 Å². The summed E-state index contributed by atoms with van der Waals surface area (Å²) in [6.45, 7) is 6.56. The van der Waals surface area contributed by atoms with E-state index in [-0.39, 0.29) is 12.1 Å². The van der Waals surface area contributed by atoms with Gasteiger partial charge in [0, 0.05) is 25.0 Å². The van der Waals surface area contributed by atoms with Crippen LogP contribution in [0.1, 0.15) is 117 Å². The quantitative estimate of drug-likeness (QED) is 0.152.